The number of benzene rings is 1. The third-order valence-electron chi connectivity index (χ3n) is 3.17. The Morgan fingerprint density at radius 2 is 1.88 bits per heavy atom. The van der Waals surface area contributed by atoms with E-state index in [0.29, 0.717) is 0 Å². The smallest absolute Gasteiger partial charge is 0.0639 e. The maximum atomic E-state index is 9.36. The number of nitrogen functional groups attached to an aromatic ring is 1. The minimum atomic E-state index is -0.247. The first-order valence-corrected chi connectivity index (χ1v) is 6.16. The van der Waals surface area contributed by atoms with Crippen molar-refractivity contribution in [2.24, 2.45) is 0 Å². The minimum absolute atomic E-state index is 0.247. The van der Waals surface area contributed by atoms with E-state index in [0.717, 1.165) is 44.1 Å². The Labute approximate surface area is 103 Å². The Balaban J connectivity index is 1.93. The summed E-state index contributed by atoms with van der Waals surface area (Å²) < 4.78 is 0. The van der Waals surface area contributed by atoms with Crippen LogP contribution in [0.4, 0.5) is 11.4 Å². The second-order valence-corrected chi connectivity index (χ2v) is 4.70. The van der Waals surface area contributed by atoms with E-state index in [9.17, 15) is 5.11 Å². The van der Waals surface area contributed by atoms with Crippen molar-refractivity contribution in [2.75, 3.05) is 43.4 Å². The van der Waals surface area contributed by atoms with Crippen LogP contribution in [0.15, 0.2) is 24.3 Å². The van der Waals surface area contributed by atoms with Crippen LogP contribution in [0.3, 0.4) is 0 Å². The predicted molar refractivity (Wildman–Crippen MR) is 71.2 cm³/mol. The first-order valence-electron chi connectivity index (χ1n) is 6.16. The molecule has 0 bridgehead atoms. The van der Waals surface area contributed by atoms with Crippen molar-refractivity contribution in [1.82, 2.24) is 4.90 Å². The van der Waals surface area contributed by atoms with E-state index in [-0.39, 0.29) is 6.10 Å². The molecule has 94 valence electrons. The average Bonchev–Trinajstić information content (AvgIpc) is 2.30. The van der Waals surface area contributed by atoms with E-state index >= 15 is 0 Å². The maximum Gasteiger partial charge on any atom is 0.0639 e. The van der Waals surface area contributed by atoms with Crippen molar-refractivity contribution in [3.8, 4) is 0 Å². The van der Waals surface area contributed by atoms with Crippen LogP contribution in [-0.4, -0.2) is 48.8 Å². The molecule has 4 heteroatoms. The van der Waals surface area contributed by atoms with Crippen molar-refractivity contribution < 1.29 is 5.11 Å². The summed E-state index contributed by atoms with van der Waals surface area (Å²) in [6, 6.07) is 7.99. The highest BCUT2D eigenvalue weighted by atomic mass is 16.3. The van der Waals surface area contributed by atoms with Gasteiger partial charge in [0.05, 0.1) is 17.5 Å². The van der Waals surface area contributed by atoms with Gasteiger partial charge >= 0.3 is 0 Å². The van der Waals surface area contributed by atoms with Crippen LogP contribution in [0, 0.1) is 0 Å². The SMILES string of the molecule is CC(O)CN1CCN(c2ccccc2N)CC1. The molecule has 17 heavy (non-hydrogen) atoms. The van der Waals surface area contributed by atoms with E-state index in [1.807, 2.05) is 25.1 Å². The summed E-state index contributed by atoms with van der Waals surface area (Å²) in [5.74, 6) is 0. The van der Waals surface area contributed by atoms with E-state index < -0.39 is 0 Å². The van der Waals surface area contributed by atoms with Gasteiger partial charge in [0, 0.05) is 32.7 Å². The number of hydrogen-bond acceptors (Lipinski definition) is 4. The van der Waals surface area contributed by atoms with Crippen LogP contribution < -0.4 is 10.6 Å². The molecule has 1 aliphatic rings. The molecular formula is C13H21N3O. The lowest BCUT2D eigenvalue weighted by atomic mass is 10.2. The molecule has 0 aromatic heterocycles. The van der Waals surface area contributed by atoms with Gasteiger partial charge in [0.1, 0.15) is 0 Å². The van der Waals surface area contributed by atoms with Gasteiger partial charge in [0.15, 0.2) is 0 Å². The lowest BCUT2D eigenvalue weighted by Crippen LogP contribution is -2.48. The van der Waals surface area contributed by atoms with Crippen LogP contribution in [0.5, 0.6) is 0 Å². The highest BCUT2D eigenvalue weighted by molar-refractivity contribution is 5.67. The number of aliphatic hydroxyl groups excluding tert-OH is 1. The Kier molecular flexibility index (Phi) is 3.86. The summed E-state index contributed by atoms with van der Waals surface area (Å²) in [5.41, 5.74) is 7.94. The first-order chi connectivity index (χ1) is 8.16. The molecule has 1 atom stereocenters. The van der Waals surface area contributed by atoms with Gasteiger partial charge in [-0.1, -0.05) is 12.1 Å². The number of para-hydroxylation sites is 2. The van der Waals surface area contributed by atoms with Gasteiger partial charge in [-0.25, -0.2) is 0 Å². The van der Waals surface area contributed by atoms with E-state index in [4.69, 9.17) is 5.73 Å². The number of nitrogens with zero attached hydrogens (tertiary/aromatic N) is 2. The number of aliphatic hydroxyl groups is 1. The minimum Gasteiger partial charge on any atom is -0.397 e. The monoisotopic (exact) mass is 235 g/mol. The topological polar surface area (TPSA) is 52.7 Å². The molecule has 0 saturated carbocycles. The molecule has 1 fully saturated rings. The molecule has 2 rings (SSSR count). The molecule has 1 aromatic rings. The largest absolute Gasteiger partial charge is 0.397 e. The van der Waals surface area contributed by atoms with Gasteiger partial charge in [0.25, 0.3) is 0 Å². The zero-order valence-corrected chi connectivity index (χ0v) is 10.3. The zero-order valence-electron chi connectivity index (χ0n) is 10.3. The molecule has 1 aliphatic heterocycles. The summed E-state index contributed by atoms with van der Waals surface area (Å²) in [7, 11) is 0. The second-order valence-electron chi connectivity index (χ2n) is 4.70. The highest BCUT2D eigenvalue weighted by Gasteiger charge is 2.18. The van der Waals surface area contributed by atoms with Crippen LogP contribution >= 0.6 is 0 Å². The molecule has 3 N–H and O–H groups in total. The zero-order chi connectivity index (χ0) is 12.3. The maximum absolute atomic E-state index is 9.36. The van der Waals surface area contributed by atoms with Crippen molar-refractivity contribution >= 4 is 11.4 Å². The third kappa shape index (κ3) is 3.11. The van der Waals surface area contributed by atoms with Crippen molar-refractivity contribution in [3.63, 3.8) is 0 Å². The van der Waals surface area contributed by atoms with Crippen LogP contribution in [0.1, 0.15) is 6.92 Å². The quantitative estimate of drug-likeness (QED) is 0.760. The van der Waals surface area contributed by atoms with Gasteiger partial charge < -0.3 is 15.7 Å². The fourth-order valence-electron chi connectivity index (χ4n) is 2.32. The molecule has 0 spiro atoms. The molecule has 0 amide bonds. The Morgan fingerprint density at radius 3 is 2.47 bits per heavy atom. The molecule has 4 nitrogen and oxygen atoms in total. The Morgan fingerprint density at radius 1 is 1.24 bits per heavy atom. The molecule has 0 aliphatic carbocycles. The van der Waals surface area contributed by atoms with E-state index in [2.05, 4.69) is 15.9 Å². The Bertz CT molecular complexity index is 359. The number of rotatable bonds is 3. The van der Waals surface area contributed by atoms with Crippen LogP contribution in [0.25, 0.3) is 0 Å². The summed E-state index contributed by atoms with van der Waals surface area (Å²) in [6.45, 7) is 6.51. The second kappa shape index (κ2) is 5.38. The van der Waals surface area contributed by atoms with Gasteiger partial charge in [-0.3, -0.25) is 4.90 Å². The normalized spacial score (nSPS) is 19.3. The van der Waals surface area contributed by atoms with Crippen molar-refractivity contribution in [3.05, 3.63) is 24.3 Å². The van der Waals surface area contributed by atoms with Gasteiger partial charge in [0.2, 0.25) is 0 Å². The average molecular weight is 235 g/mol. The van der Waals surface area contributed by atoms with Gasteiger partial charge in [-0.05, 0) is 19.1 Å². The number of hydrogen-bond donors (Lipinski definition) is 2. The number of β-amino-alcohol motifs (C(OH)–C–C–N with tert-alkyl or cyclic N) is 1. The van der Waals surface area contributed by atoms with E-state index in [1.165, 1.54) is 0 Å². The highest BCUT2D eigenvalue weighted by Crippen LogP contribution is 2.23. The lowest BCUT2D eigenvalue weighted by Gasteiger charge is -2.37. The molecular weight excluding hydrogens is 214 g/mol. The molecule has 1 unspecified atom stereocenters. The van der Waals surface area contributed by atoms with Gasteiger partial charge in [-0.15, -0.1) is 0 Å². The van der Waals surface area contributed by atoms with Crippen LogP contribution in [-0.2, 0) is 0 Å². The number of nitrogens with two attached hydrogens (primary N) is 1. The predicted octanol–water partition coefficient (Wildman–Crippen LogP) is 0.772. The van der Waals surface area contributed by atoms with Crippen molar-refractivity contribution in [2.45, 2.75) is 13.0 Å². The Hall–Kier alpha value is -1.26. The summed E-state index contributed by atoms with van der Waals surface area (Å²) in [5, 5.41) is 9.36. The standard InChI is InChI=1S/C13H21N3O/c1-11(17)10-15-6-8-16(9-7-15)13-5-3-2-4-12(13)14/h2-5,11,17H,6-10,14H2,1H3. The molecule has 0 radical (unpaired) electrons. The third-order valence-corrected chi connectivity index (χ3v) is 3.17. The molecule has 1 saturated heterocycles. The number of anilines is 2. The van der Waals surface area contributed by atoms with Crippen LogP contribution in [0.2, 0.25) is 0 Å². The van der Waals surface area contributed by atoms with E-state index in [1.54, 1.807) is 0 Å². The lowest BCUT2D eigenvalue weighted by molar-refractivity contribution is 0.123. The fourth-order valence-corrected chi connectivity index (χ4v) is 2.32. The molecule has 1 heterocycles. The number of piperazine rings is 1. The molecule has 1 aromatic carbocycles. The summed E-state index contributed by atoms with van der Waals surface area (Å²) >= 11 is 0. The summed E-state index contributed by atoms with van der Waals surface area (Å²) in [4.78, 5) is 4.61. The van der Waals surface area contributed by atoms with Crippen molar-refractivity contribution in [1.29, 1.82) is 0 Å². The fraction of sp³-hybridized carbons (Fsp3) is 0.538. The first kappa shape index (κ1) is 12.2. The summed E-state index contributed by atoms with van der Waals surface area (Å²) in [6.07, 6.45) is -0.247. The van der Waals surface area contributed by atoms with Gasteiger partial charge in [-0.2, -0.15) is 0 Å².